The molecule has 3 nitrogen and oxygen atoms in total. The summed E-state index contributed by atoms with van der Waals surface area (Å²) in [6.07, 6.45) is 2.55. The second kappa shape index (κ2) is 7.41. The van der Waals surface area contributed by atoms with E-state index in [1.54, 1.807) is 0 Å². The molecule has 0 bridgehead atoms. The average molecular weight is 299 g/mol. The molecule has 2 rings (SSSR count). The SMILES string of the molecule is CCC[C@@](O)(CC[NH+]1CCOCC1)c1ccc(Cl)cc1. The second-order valence-corrected chi connectivity index (χ2v) is 6.09. The molecule has 0 spiro atoms. The number of rotatable bonds is 6. The Kier molecular flexibility index (Phi) is 5.85. The van der Waals surface area contributed by atoms with Crippen molar-refractivity contribution < 1.29 is 14.7 Å². The van der Waals surface area contributed by atoms with Crippen molar-refractivity contribution in [1.29, 1.82) is 0 Å². The second-order valence-electron chi connectivity index (χ2n) is 5.65. The minimum absolute atomic E-state index is 0.714. The number of aliphatic hydroxyl groups is 1. The third kappa shape index (κ3) is 4.19. The van der Waals surface area contributed by atoms with Crippen LogP contribution in [0, 0.1) is 0 Å². The predicted octanol–water partition coefficient (Wildman–Crippen LogP) is 1.63. The van der Waals surface area contributed by atoms with Crippen molar-refractivity contribution in [2.75, 3.05) is 32.8 Å². The van der Waals surface area contributed by atoms with Crippen LogP contribution in [0.25, 0.3) is 0 Å². The Morgan fingerprint density at radius 2 is 1.85 bits per heavy atom. The molecule has 0 aromatic heterocycles. The number of morpholine rings is 1. The van der Waals surface area contributed by atoms with Crippen molar-refractivity contribution in [2.45, 2.75) is 31.8 Å². The van der Waals surface area contributed by atoms with Crippen LogP contribution in [0.4, 0.5) is 0 Å². The van der Waals surface area contributed by atoms with Crippen LogP contribution in [0.5, 0.6) is 0 Å². The quantitative estimate of drug-likeness (QED) is 0.837. The van der Waals surface area contributed by atoms with Crippen LogP contribution in [0.2, 0.25) is 5.02 Å². The number of ether oxygens (including phenoxy) is 1. The van der Waals surface area contributed by atoms with Gasteiger partial charge in [0.05, 0.1) is 25.4 Å². The Morgan fingerprint density at radius 1 is 1.20 bits per heavy atom. The van der Waals surface area contributed by atoms with Crippen LogP contribution in [0.15, 0.2) is 24.3 Å². The van der Waals surface area contributed by atoms with Gasteiger partial charge in [-0.05, 0) is 24.1 Å². The summed E-state index contributed by atoms with van der Waals surface area (Å²) < 4.78 is 5.38. The summed E-state index contributed by atoms with van der Waals surface area (Å²) in [5.41, 5.74) is 0.251. The monoisotopic (exact) mass is 298 g/mol. The number of hydrogen-bond donors (Lipinski definition) is 2. The molecule has 0 amide bonds. The number of quaternary nitrogens is 1. The van der Waals surface area contributed by atoms with Crippen LogP contribution < -0.4 is 4.90 Å². The zero-order valence-corrected chi connectivity index (χ0v) is 13.0. The fourth-order valence-corrected chi connectivity index (χ4v) is 3.01. The maximum atomic E-state index is 11.0. The first-order valence-corrected chi connectivity index (χ1v) is 7.91. The molecule has 0 aliphatic carbocycles. The van der Waals surface area contributed by atoms with Gasteiger partial charge in [-0.15, -0.1) is 0 Å². The summed E-state index contributed by atoms with van der Waals surface area (Å²) in [5.74, 6) is 0. The standard InChI is InChI=1S/C16H24ClNO2/c1-2-7-16(19,14-3-5-15(17)6-4-14)8-9-18-10-12-20-13-11-18/h3-6,19H,2,7-13H2,1H3/p+1/t16-/m1/s1. The molecule has 0 unspecified atom stereocenters. The van der Waals surface area contributed by atoms with Crippen molar-refractivity contribution in [2.24, 2.45) is 0 Å². The molecule has 1 aromatic rings. The van der Waals surface area contributed by atoms with E-state index in [2.05, 4.69) is 6.92 Å². The number of hydrogen-bond acceptors (Lipinski definition) is 2. The number of nitrogens with one attached hydrogen (secondary N) is 1. The lowest BCUT2D eigenvalue weighted by atomic mass is 9.86. The highest BCUT2D eigenvalue weighted by Gasteiger charge is 2.30. The Labute approximate surface area is 126 Å². The zero-order valence-electron chi connectivity index (χ0n) is 12.2. The fourth-order valence-electron chi connectivity index (χ4n) is 2.88. The Balaban J connectivity index is 2.02. The minimum atomic E-state index is -0.732. The molecule has 1 aliphatic rings. The normalized spacial score (nSPS) is 19.8. The molecule has 1 saturated heterocycles. The van der Waals surface area contributed by atoms with E-state index < -0.39 is 5.60 Å². The fraction of sp³-hybridized carbons (Fsp3) is 0.625. The Hall–Kier alpha value is -0.610. The molecule has 1 aliphatic heterocycles. The Bertz CT molecular complexity index is 403. The van der Waals surface area contributed by atoms with Crippen molar-refractivity contribution >= 4 is 11.6 Å². The van der Waals surface area contributed by atoms with Crippen LogP contribution in [0.1, 0.15) is 31.7 Å². The van der Waals surface area contributed by atoms with E-state index in [0.29, 0.717) is 5.02 Å². The lowest BCUT2D eigenvalue weighted by molar-refractivity contribution is -0.909. The maximum Gasteiger partial charge on any atom is 0.101 e. The van der Waals surface area contributed by atoms with E-state index >= 15 is 0 Å². The summed E-state index contributed by atoms with van der Waals surface area (Å²) >= 11 is 5.94. The molecule has 0 saturated carbocycles. The van der Waals surface area contributed by atoms with Gasteiger partial charge in [-0.2, -0.15) is 0 Å². The highest BCUT2D eigenvalue weighted by Crippen LogP contribution is 2.30. The van der Waals surface area contributed by atoms with Gasteiger partial charge in [0.25, 0.3) is 0 Å². The van der Waals surface area contributed by atoms with Gasteiger partial charge in [-0.1, -0.05) is 37.1 Å². The van der Waals surface area contributed by atoms with Gasteiger partial charge < -0.3 is 14.7 Å². The summed E-state index contributed by atoms with van der Waals surface area (Å²) in [7, 11) is 0. The van der Waals surface area contributed by atoms with Gasteiger partial charge in [-0.25, -0.2) is 0 Å². The van der Waals surface area contributed by atoms with Crippen molar-refractivity contribution in [3.05, 3.63) is 34.9 Å². The van der Waals surface area contributed by atoms with E-state index in [1.165, 1.54) is 4.90 Å². The van der Waals surface area contributed by atoms with Gasteiger partial charge >= 0.3 is 0 Å². The molecule has 1 fully saturated rings. The first-order valence-electron chi connectivity index (χ1n) is 7.54. The van der Waals surface area contributed by atoms with Gasteiger partial charge in [0.2, 0.25) is 0 Å². The molecule has 2 N–H and O–H groups in total. The molecule has 1 aromatic carbocycles. The largest absolute Gasteiger partial charge is 0.385 e. The van der Waals surface area contributed by atoms with E-state index in [9.17, 15) is 5.11 Å². The Morgan fingerprint density at radius 3 is 2.45 bits per heavy atom. The zero-order chi connectivity index (χ0) is 14.4. The van der Waals surface area contributed by atoms with Gasteiger partial charge in [0, 0.05) is 11.4 Å². The summed E-state index contributed by atoms with van der Waals surface area (Å²) in [6, 6.07) is 7.62. The maximum absolute atomic E-state index is 11.0. The first kappa shape index (κ1) is 15.8. The molecular formula is C16H25ClNO2+. The third-order valence-electron chi connectivity index (χ3n) is 4.14. The van der Waals surface area contributed by atoms with Crippen LogP contribution in [-0.4, -0.2) is 38.0 Å². The topological polar surface area (TPSA) is 33.9 Å². The van der Waals surface area contributed by atoms with E-state index in [4.69, 9.17) is 16.3 Å². The lowest BCUT2D eigenvalue weighted by Crippen LogP contribution is -3.14. The molecule has 0 radical (unpaired) electrons. The smallest absolute Gasteiger partial charge is 0.101 e. The van der Waals surface area contributed by atoms with Gasteiger partial charge in [0.15, 0.2) is 0 Å². The van der Waals surface area contributed by atoms with Crippen molar-refractivity contribution in [3.8, 4) is 0 Å². The third-order valence-corrected chi connectivity index (χ3v) is 4.39. The van der Waals surface area contributed by atoms with Crippen molar-refractivity contribution in [1.82, 2.24) is 0 Å². The van der Waals surface area contributed by atoms with Crippen molar-refractivity contribution in [3.63, 3.8) is 0 Å². The lowest BCUT2D eigenvalue weighted by Gasteiger charge is -2.31. The van der Waals surface area contributed by atoms with Crippen LogP contribution in [0.3, 0.4) is 0 Å². The average Bonchev–Trinajstić information content (AvgIpc) is 2.47. The highest BCUT2D eigenvalue weighted by molar-refractivity contribution is 6.30. The molecule has 20 heavy (non-hydrogen) atoms. The first-order chi connectivity index (χ1) is 9.64. The number of benzene rings is 1. The molecule has 1 atom stereocenters. The summed E-state index contributed by atoms with van der Waals surface area (Å²) in [5, 5.41) is 11.7. The number of halogens is 1. The molecule has 1 heterocycles. The summed E-state index contributed by atoms with van der Waals surface area (Å²) in [4.78, 5) is 1.53. The van der Waals surface area contributed by atoms with Gasteiger partial charge in [0.1, 0.15) is 13.1 Å². The molecule has 112 valence electrons. The summed E-state index contributed by atoms with van der Waals surface area (Å²) in [6.45, 7) is 6.86. The highest BCUT2D eigenvalue weighted by atomic mass is 35.5. The molecular weight excluding hydrogens is 274 g/mol. The van der Waals surface area contributed by atoms with E-state index in [1.807, 2.05) is 24.3 Å². The van der Waals surface area contributed by atoms with Crippen LogP contribution in [-0.2, 0) is 10.3 Å². The van der Waals surface area contributed by atoms with E-state index in [0.717, 1.165) is 57.7 Å². The minimum Gasteiger partial charge on any atom is -0.385 e. The van der Waals surface area contributed by atoms with Crippen LogP contribution >= 0.6 is 11.6 Å². The van der Waals surface area contributed by atoms with Gasteiger partial charge in [-0.3, -0.25) is 0 Å². The predicted molar refractivity (Wildman–Crippen MR) is 81.3 cm³/mol. The molecule has 4 heteroatoms. The van der Waals surface area contributed by atoms with E-state index in [-0.39, 0.29) is 0 Å².